The van der Waals surface area contributed by atoms with Crippen molar-refractivity contribution in [2.45, 2.75) is 44.9 Å². The molecule has 0 bridgehead atoms. The average Bonchev–Trinajstić information content (AvgIpc) is 3.22. The molecule has 1 aliphatic carbocycles. The van der Waals surface area contributed by atoms with E-state index in [1.807, 2.05) is 6.07 Å². The van der Waals surface area contributed by atoms with Gasteiger partial charge in [-0.25, -0.2) is 0 Å². The molecule has 1 heterocycles. The van der Waals surface area contributed by atoms with Crippen LogP contribution in [0.15, 0.2) is 42.5 Å². The summed E-state index contributed by atoms with van der Waals surface area (Å²) in [5.74, 6) is -1.22. The van der Waals surface area contributed by atoms with E-state index in [0.717, 1.165) is 6.42 Å². The molecule has 2 N–H and O–H groups in total. The molecule has 2 atom stereocenters. The fourth-order valence-corrected chi connectivity index (χ4v) is 4.88. The van der Waals surface area contributed by atoms with E-state index in [4.69, 9.17) is 21.1 Å². The number of hydrogen-bond acceptors (Lipinski definition) is 7. The maximum Gasteiger partial charge on any atom is 0.302 e. The third kappa shape index (κ3) is 6.62. The maximum absolute atomic E-state index is 13.6. The number of anilines is 1. The second-order valence-electron chi connectivity index (χ2n) is 9.27. The zero-order valence-electron chi connectivity index (χ0n) is 21.0. The summed E-state index contributed by atoms with van der Waals surface area (Å²) < 4.78 is 10.3. The van der Waals surface area contributed by atoms with Crippen molar-refractivity contribution in [3.05, 3.63) is 58.6 Å². The Balaban J connectivity index is 1.48. The van der Waals surface area contributed by atoms with Crippen molar-refractivity contribution in [2.75, 3.05) is 31.2 Å². The third-order valence-electron chi connectivity index (χ3n) is 6.52. The number of fused-ring (bicyclic) bond motifs is 1. The highest BCUT2D eigenvalue weighted by molar-refractivity contribution is 6.34. The first-order valence-corrected chi connectivity index (χ1v) is 12.8. The molecule has 0 saturated heterocycles. The molecule has 3 amide bonds. The van der Waals surface area contributed by atoms with E-state index in [1.165, 1.54) is 28.9 Å². The van der Waals surface area contributed by atoms with Gasteiger partial charge < -0.3 is 24.8 Å². The second-order valence-corrected chi connectivity index (χ2v) is 9.68. The molecule has 2 aromatic rings. The molecule has 11 heteroatoms. The molecule has 202 valence electrons. The third-order valence-corrected chi connectivity index (χ3v) is 6.84. The number of aliphatic hydroxyl groups excluding tert-OH is 1. The van der Waals surface area contributed by atoms with Gasteiger partial charge >= 0.3 is 5.97 Å². The van der Waals surface area contributed by atoms with Crippen LogP contribution in [-0.2, 0) is 25.7 Å². The van der Waals surface area contributed by atoms with Crippen LogP contribution < -0.4 is 15.0 Å². The van der Waals surface area contributed by atoms with Gasteiger partial charge in [-0.05, 0) is 49.1 Å². The van der Waals surface area contributed by atoms with Gasteiger partial charge in [0.1, 0.15) is 25.5 Å². The lowest BCUT2D eigenvalue weighted by molar-refractivity contribution is -0.141. The minimum atomic E-state index is -0.581. The monoisotopic (exact) mass is 543 g/mol. The van der Waals surface area contributed by atoms with Crippen LogP contribution in [0.2, 0.25) is 5.02 Å². The molecular formula is C27H30ClN3O7. The van der Waals surface area contributed by atoms with Crippen molar-refractivity contribution in [2.24, 2.45) is 0 Å². The molecule has 10 nitrogen and oxygen atoms in total. The molecule has 0 radical (unpaired) electrons. The van der Waals surface area contributed by atoms with E-state index in [9.17, 15) is 24.3 Å². The van der Waals surface area contributed by atoms with Crippen LogP contribution >= 0.6 is 11.6 Å². The standard InChI is InChI=1S/C27H30ClN3O7/c1-17(32)37-11-12-38-19-9-10-20(21(28)13-19)27(36)31-16-26(35)30(14-18-5-2-3-7-23(18)31)15-25(34)29-22-6-4-8-24(22)33/h2-3,5,7,9-10,13,22,24,33H,4,6,8,11-12,14-16H2,1H3,(H,29,34)/t22?,24-/m0/s1. The molecule has 1 unspecified atom stereocenters. The lowest BCUT2D eigenvalue weighted by Crippen LogP contribution is -2.47. The Labute approximate surface area is 225 Å². The molecule has 4 rings (SSSR count). The number of halogens is 1. The number of aliphatic hydroxyl groups is 1. The van der Waals surface area contributed by atoms with Crippen LogP contribution in [0.4, 0.5) is 5.69 Å². The molecule has 1 aliphatic heterocycles. The van der Waals surface area contributed by atoms with Crippen molar-refractivity contribution < 1.29 is 33.8 Å². The predicted octanol–water partition coefficient (Wildman–Crippen LogP) is 2.30. The number of benzene rings is 2. The van der Waals surface area contributed by atoms with E-state index in [2.05, 4.69) is 5.32 Å². The smallest absolute Gasteiger partial charge is 0.302 e. The number of carbonyl (C=O) groups is 4. The van der Waals surface area contributed by atoms with Crippen molar-refractivity contribution in [1.29, 1.82) is 0 Å². The zero-order chi connectivity index (χ0) is 27.2. The Morgan fingerprint density at radius 3 is 2.61 bits per heavy atom. The molecular weight excluding hydrogens is 514 g/mol. The van der Waals surface area contributed by atoms with Gasteiger partial charge in [-0.2, -0.15) is 0 Å². The van der Waals surface area contributed by atoms with Crippen LogP contribution in [-0.4, -0.2) is 72.1 Å². The number of nitrogens with zero attached hydrogens (tertiary/aromatic N) is 2. The summed E-state index contributed by atoms with van der Waals surface area (Å²) in [6, 6.07) is 11.4. The number of rotatable bonds is 8. The number of para-hydroxylation sites is 1. The molecule has 1 saturated carbocycles. The van der Waals surface area contributed by atoms with Crippen LogP contribution in [0.1, 0.15) is 42.1 Å². The predicted molar refractivity (Wildman–Crippen MR) is 139 cm³/mol. The molecule has 2 aromatic carbocycles. The highest BCUT2D eigenvalue weighted by atomic mass is 35.5. The van der Waals surface area contributed by atoms with E-state index in [1.54, 1.807) is 24.3 Å². The molecule has 0 aromatic heterocycles. The van der Waals surface area contributed by atoms with Gasteiger partial charge in [-0.3, -0.25) is 24.1 Å². The summed E-state index contributed by atoms with van der Waals surface area (Å²) in [7, 11) is 0. The van der Waals surface area contributed by atoms with Gasteiger partial charge in [0, 0.05) is 19.2 Å². The maximum atomic E-state index is 13.6. The van der Waals surface area contributed by atoms with E-state index >= 15 is 0 Å². The second kappa shape index (κ2) is 12.3. The van der Waals surface area contributed by atoms with Crippen LogP contribution in [0.3, 0.4) is 0 Å². The zero-order valence-corrected chi connectivity index (χ0v) is 21.8. The normalized spacial score (nSPS) is 19.0. The highest BCUT2D eigenvalue weighted by Gasteiger charge is 2.32. The van der Waals surface area contributed by atoms with Crippen LogP contribution in [0.25, 0.3) is 0 Å². The first kappa shape index (κ1) is 27.4. The largest absolute Gasteiger partial charge is 0.490 e. The SMILES string of the molecule is CC(=O)OCCOc1ccc(C(=O)N2CC(=O)N(CC(=O)NC3CCC[C@@H]3O)Cc3ccccc32)c(Cl)c1. The lowest BCUT2D eigenvalue weighted by atomic mass is 10.1. The Bertz CT molecular complexity index is 1220. The first-order chi connectivity index (χ1) is 18.2. The topological polar surface area (TPSA) is 125 Å². The fraction of sp³-hybridized carbons (Fsp3) is 0.407. The lowest BCUT2D eigenvalue weighted by Gasteiger charge is -2.24. The van der Waals surface area contributed by atoms with Crippen molar-refractivity contribution in [3.8, 4) is 5.75 Å². The minimum absolute atomic E-state index is 0.0794. The first-order valence-electron chi connectivity index (χ1n) is 12.4. The van der Waals surface area contributed by atoms with Crippen molar-refractivity contribution in [3.63, 3.8) is 0 Å². The van der Waals surface area contributed by atoms with Gasteiger partial charge in [-0.15, -0.1) is 0 Å². The summed E-state index contributed by atoms with van der Waals surface area (Å²) >= 11 is 6.42. The quantitative estimate of drug-likeness (QED) is 0.386. The number of esters is 1. The summed E-state index contributed by atoms with van der Waals surface area (Å²) in [6.07, 6.45) is 1.59. The van der Waals surface area contributed by atoms with Gasteiger partial charge in [0.05, 0.1) is 29.3 Å². The molecule has 38 heavy (non-hydrogen) atoms. The number of carbonyl (C=O) groups excluding carboxylic acids is 4. The number of ether oxygens (including phenoxy) is 2. The van der Waals surface area contributed by atoms with Crippen LogP contribution in [0, 0.1) is 0 Å². The summed E-state index contributed by atoms with van der Waals surface area (Å²) in [6.45, 7) is 1.21. The molecule has 1 fully saturated rings. The van der Waals surface area contributed by atoms with E-state index < -0.39 is 23.9 Å². The van der Waals surface area contributed by atoms with Gasteiger partial charge in [0.25, 0.3) is 5.91 Å². The Morgan fingerprint density at radius 2 is 1.89 bits per heavy atom. The van der Waals surface area contributed by atoms with Crippen LogP contribution in [0.5, 0.6) is 5.75 Å². The molecule has 0 spiro atoms. The Hall–Kier alpha value is -3.63. The highest BCUT2D eigenvalue weighted by Crippen LogP contribution is 2.30. The van der Waals surface area contributed by atoms with Gasteiger partial charge in [0.15, 0.2) is 0 Å². The van der Waals surface area contributed by atoms with Gasteiger partial charge in [-0.1, -0.05) is 29.8 Å². The van der Waals surface area contributed by atoms with Crippen molar-refractivity contribution >= 4 is 41.0 Å². The summed E-state index contributed by atoms with van der Waals surface area (Å²) in [5, 5.41) is 13.0. The van der Waals surface area contributed by atoms with Crippen molar-refractivity contribution in [1.82, 2.24) is 10.2 Å². The number of nitrogens with one attached hydrogen (secondary N) is 1. The molecule has 2 aliphatic rings. The average molecular weight is 544 g/mol. The fourth-order valence-electron chi connectivity index (χ4n) is 4.63. The Kier molecular flexibility index (Phi) is 8.85. The number of hydrogen-bond donors (Lipinski definition) is 2. The number of amides is 3. The summed E-state index contributed by atoms with van der Waals surface area (Å²) in [5.41, 5.74) is 1.45. The van der Waals surface area contributed by atoms with E-state index in [-0.39, 0.29) is 55.4 Å². The Morgan fingerprint density at radius 1 is 1.11 bits per heavy atom. The summed E-state index contributed by atoms with van der Waals surface area (Å²) in [4.78, 5) is 53.1. The minimum Gasteiger partial charge on any atom is -0.490 e. The van der Waals surface area contributed by atoms with Gasteiger partial charge in [0.2, 0.25) is 11.8 Å². The van der Waals surface area contributed by atoms with E-state index in [0.29, 0.717) is 29.8 Å².